The highest BCUT2D eigenvalue weighted by atomic mass is 32.2. The molecule has 0 radical (unpaired) electrons. The van der Waals surface area contributed by atoms with Crippen LogP contribution in [0.2, 0.25) is 0 Å². The van der Waals surface area contributed by atoms with Crippen LogP contribution in [-0.2, 0) is 32.5 Å². The number of nitrogens with zero attached hydrogens (tertiary/aromatic N) is 2. The summed E-state index contributed by atoms with van der Waals surface area (Å²) in [6.07, 6.45) is 2.77. The fourth-order valence-corrected chi connectivity index (χ4v) is 4.42. The quantitative estimate of drug-likeness (QED) is 0.391. The number of hydrogen-bond acceptors (Lipinski definition) is 7. The van der Waals surface area contributed by atoms with Crippen molar-refractivity contribution in [1.29, 1.82) is 0 Å². The maximum absolute atomic E-state index is 12.3. The first-order chi connectivity index (χ1) is 13.8. The van der Waals surface area contributed by atoms with Crippen LogP contribution in [0, 0.1) is 0 Å². The minimum Gasteiger partial charge on any atom is -0.480 e. The first-order valence-electron chi connectivity index (χ1n) is 8.35. The van der Waals surface area contributed by atoms with Crippen molar-refractivity contribution < 1.29 is 23.1 Å². The number of hydrogen-bond donors (Lipinski definition) is 4. The van der Waals surface area contributed by atoms with Gasteiger partial charge < -0.3 is 15.4 Å². The lowest BCUT2D eigenvalue weighted by atomic mass is 10.1. The number of carbonyl (C=O) groups excluding carboxylic acids is 1. The van der Waals surface area contributed by atoms with Gasteiger partial charge in [-0.2, -0.15) is 0 Å². The molecule has 0 fully saturated rings. The maximum atomic E-state index is 12.3. The van der Waals surface area contributed by atoms with Crippen molar-refractivity contribution in [2.24, 2.45) is 0 Å². The van der Waals surface area contributed by atoms with Crippen molar-refractivity contribution in [1.82, 2.24) is 20.3 Å². The van der Waals surface area contributed by atoms with E-state index in [2.05, 4.69) is 25.0 Å². The maximum Gasteiger partial charge on any atom is 0.326 e. The summed E-state index contributed by atoms with van der Waals surface area (Å²) < 4.78 is 27.0. The largest absolute Gasteiger partial charge is 0.480 e. The molecule has 1 atom stereocenters. The molecule has 2 heterocycles. The Labute approximate surface area is 170 Å². The van der Waals surface area contributed by atoms with Crippen molar-refractivity contribution in [2.45, 2.75) is 23.8 Å². The van der Waals surface area contributed by atoms with Crippen LogP contribution >= 0.6 is 11.3 Å². The van der Waals surface area contributed by atoms with Gasteiger partial charge >= 0.3 is 5.97 Å². The molecule has 0 aliphatic carbocycles. The Morgan fingerprint density at radius 3 is 2.66 bits per heavy atom. The average molecular weight is 435 g/mol. The van der Waals surface area contributed by atoms with Gasteiger partial charge in [-0.1, -0.05) is 18.2 Å². The molecule has 4 N–H and O–H groups in total. The lowest BCUT2D eigenvalue weighted by Crippen LogP contribution is -2.43. The van der Waals surface area contributed by atoms with Gasteiger partial charge in [0.25, 0.3) is 10.0 Å². The number of nitrogens with one attached hydrogen (secondary N) is 3. The Morgan fingerprint density at radius 2 is 2.00 bits per heavy atom. The number of anilines is 1. The molecule has 0 aliphatic rings. The molecule has 3 aromatic rings. The average Bonchev–Trinajstić information content (AvgIpc) is 3.33. The van der Waals surface area contributed by atoms with Gasteiger partial charge in [-0.3, -0.25) is 9.52 Å². The Hall–Kier alpha value is -3.25. The first kappa shape index (κ1) is 20.5. The minimum absolute atomic E-state index is 0.0558. The molecular formula is C17H17N5O5S2. The third kappa shape index (κ3) is 5.62. The third-order valence-corrected chi connectivity index (χ3v) is 6.07. The molecule has 0 saturated heterocycles. The number of sulfonamides is 1. The number of aromatic amines is 1. The summed E-state index contributed by atoms with van der Waals surface area (Å²) in [5.74, 6) is -1.72. The first-order valence-corrected chi connectivity index (χ1v) is 10.7. The summed E-state index contributed by atoms with van der Waals surface area (Å²) in [4.78, 5) is 34.3. The van der Waals surface area contributed by atoms with Crippen LogP contribution in [0.15, 0.2) is 53.1 Å². The zero-order valence-electron chi connectivity index (χ0n) is 14.9. The van der Waals surface area contributed by atoms with Crippen LogP contribution in [0.1, 0.15) is 11.4 Å². The van der Waals surface area contributed by atoms with E-state index in [-0.39, 0.29) is 22.9 Å². The van der Waals surface area contributed by atoms with Gasteiger partial charge in [-0.25, -0.2) is 23.2 Å². The number of benzene rings is 1. The molecular weight excluding hydrogens is 418 g/mol. The van der Waals surface area contributed by atoms with Gasteiger partial charge in [-0.05, 0) is 12.1 Å². The van der Waals surface area contributed by atoms with Gasteiger partial charge in [0.1, 0.15) is 6.04 Å². The monoisotopic (exact) mass is 435 g/mol. The van der Waals surface area contributed by atoms with Crippen LogP contribution in [-0.4, -0.2) is 46.4 Å². The van der Waals surface area contributed by atoms with Gasteiger partial charge in [-0.15, -0.1) is 11.3 Å². The Balaban J connectivity index is 1.60. The normalized spacial score (nSPS) is 12.3. The zero-order chi connectivity index (χ0) is 20.9. The number of carbonyl (C=O) groups is 2. The number of aromatic nitrogens is 3. The van der Waals surface area contributed by atoms with E-state index in [4.69, 9.17) is 0 Å². The molecule has 10 nitrogen and oxygen atoms in total. The van der Waals surface area contributed by atoms with E-state index in [0.29, 0.717) is 11.4 Å². The molecule has 152 valence electrons. The summed E-state index contributed by atoms with van der Waals surface area (Å²) >= 11 is 1.03. The molecule has 1 amide bonds. The van der Waals surface area contributed by atoms with Crippen LogP contribution in [0.25, 0.3) is 0 Å². The van der Waals surface area contributed by atoms with Crippen LogP contribution in [0.4, 0.5) is 5.13 Å². The van der Waals surface area contributed by atoms with E-state index in [0.717, 1.165) is 11.3 Å². The van der Waals surface area contributed by atoms with E-state index >= 15 is 0 Å². The molecule has 1 unspecified atom stereocenters. The molecule has 3 rings (SSSR count). The smallest absolute Gasteiger partial charge is 0.326 e. The lowest BCUT2D eigenvalue weighted by molar-refractivity contribution is -0.141. The third-order valence-electron chi connectivity index (χ3n) is 3.78. The number of rotatable bonds is 9. The Bertz CT molecular complexity index is 1080. The number of carboxylic acids is 1. The predicted molar refractivity (Wildman–Crippen MR) is 105 cm³/mol. The van der Waals surface area contributed by atoms with Crippen LogP contribution in [0.3, 0.4) is 0 Å². The molecule has 0 aliphatic heterocycles. The SMILES string of the molecule is O=C(Cc1csc(NS(=O)(=O)c2ccccc2)n1)NC(Cc1cnc[nH]1)C(=O)O. The molecule has 12 heteroatoms. The topological polar surface area (TPSA) is 154 Å². The van der Waals surface area contributed by atoms with Gasteiger partial charge in [0.05, 0.1) is 23.3 Å². The Morgan fingerprint density at radius 1 is 1.24 bits per heavy atom. The summed E-state index contributed by atoms with van der Waals surface area (Å²) in [5.41, 5.74) is 0.896. The highest BCUT2D eigenvalue weighted by Crippen LogP contribution is 2.20. The lowest BCUT2D eigenvalue weighted by Gasteiger charge is -2.13. The van der Waals surface area contributed by atoms with Gasteiger partial charge in [0.2, 0.25) is 5.91 Å². The summed E-state index contributed by atoms with van der Waals surface area (Å²) in [6.45, 7) is 0. The highest BCUT2D eigenvalue weighted by molar-refractivity contribution is 7.93. The summed E-state index contributed by atoms with van der Waals surface area (Å²) in [6, 6.07) is 6.70. The van der Waals surface area contributed by atoms with Crippen molar-refractivity contribution in [3.63, 3.8) is 0 Å². The van der Waals surface area contributed by atoms with E-state index < -0.39 is 27.9 Å². The second-order valence-corrected chi connectivity index (χ2v) is 8.52. The Kier molecular flexibility index (Phi) is 6.24. The fraction of sp³-hybridized carbons (Fsp3) is 0.176. The fourth-order valence-electron chi connectivity index (χ4n) is 2.43. The predicted octanol–water partition coefficient (Wildman–Crippen LogP) is 1.02. The van der Waals surface area contributed by atoms with E-state index in [1.165, 1.54) is 30.0 Å². The number of amides is 1. The number of thiazole rings is 1. The van der Waals surface area contributed by atoms with Crippen LogP contribution in [0.5, 0.6) is 0 Å². The van der Waals surface area contributed by atoms with E-state index in [9.17, 15) is 23.1 Å². The van der Waals surface area contributed by atoms with Crippen molar-refractivity contribution >= 4 is 38.4 Å². The second kappa shape index (κ2) is 8.84. The molecule has 0 bridgehead atoms. The molecule has 0 spiro atoms. The highest BCUT2D eigenvalue weighted by Gasteiger charge is 2.22. The minimum atomic E-state index is -3.78. The van der Waals surface area contributed by atoms with Crippen LogP contribution < -0.4 is 10.0 Å². The molecule has 2 aromatic heterocycles. The van der Waals surface area contributed by atoms with Crippen molar-refractivity contribution in [3.8, 4) is 0 Å². The summed E-state index contributed by atoms with van der Waals surface area (Å²) in [7, 11) is -3.78. The van der Waals surface area contributed by atoms with E-state index in [1.54, 1.807) is 18.2 Å². The van der Waals surface area contributed by atoms with Crippen molar-refractivity contribution in [3.05, 3.63) is 59.6 Å². The molecule has 0 saturated carbocycles. The van der Waals surface area contributed by atoms with Gasteiger partial charge in [0, 0.05) is 23.7 Å². The molecule has 1 aromatic carbocycles. The van der Waals surface area contributed by atoms with Gasteiger partial charge in [0.15, 0.2) is 5.13 Å². The number of carboxylic acid groups (broad SMARTS) is 1. The second-order valence-electron chi connectivity index (χ2n) is 5.98. The van der Waals surface area contributed by atoms with Crippen molar-refractivity contribution in [2.75, 3.05) is 4.72 Å². The zero-order valence-corrected chi connectivity index (χ0v) is 16.5. The standard InChI is InChI=1S/C17H17N5O5S2/c23-15(21-14(16(24)25)6-11-8-18-10-19-11)7-12-9-28-17(20-12)22-29(26,27)13-4-2-1-3-5-13/h1-5,8-10,14H,6-7H2,(H,18,19)(H,20,22)(H,21,23)(H,24,25). The summed E-state index contributed by atoms with van der Waals surface area (Å²) in [5, 5.41) is 13.4. The number of H-pyrrole nitrogens is 1. The number of aliphatic carboxylic acids is 1. The number of imidazole rings is 1. The molecule has 29 heavy (non-hydrogen) atoms. The van der Waals surface area contributed by atoms with E-state index in [1.807, 2.05) is 0 Å².